The maximum absolute atomic E-state index is 11.2. The Hall–Kier alpha value is -4.08. The van der Waals surface area contributed by atoms with Crippen molar-refractivity contribution >= 4 is 23.9 Å². The van der Waals surface area contributed by atoms with Crippen LogP contribution in [-0.2, 0) is 19.2 Å². The van der Waals surface area contributed by atoms with Crippen molar-refractivity contribution in [2.45, 2.75) is 31.1 Å². The Morgan fingerprint density at radius 3 is 1.21 bits per heavy atom. The first kappa shape index (κ1) is 25.2. The molecule has 10 nitrogen and oxygen atoms in total. The third-order valence-corrected chi connectivity index (χ3v) is 4.74. The van der Waals surface area contributed by atoms with Gasteiger partial charge in [-0.2, -0.15) is 0 Å². The Labute approximate surface area is 189 Å². The molecule has 0 heterocycles. The van der Waals surface area contributed by atoms with Crippen LogP contribution in [0, 0.1) is 0 Å². The smallest absolute Gasteiger partial charge is 0.311 e. The maximum atomic E-state index is 11.2. The Morgan fingerprint density at radius 1 is 0.606 bits per heavy atom. The van der Waals surface area contributed by atoms with Crippen molar-refractivity contribution in [3.8, 4) is 11.5 Å². The van der Waals surface area contributed by atoms with E-state index in [1.807, 2.05) is 0 Å². The molecule has 2 atom stereocenters. The summed E-state index contributed by atoms with van der Waals surface area (Å²) in [5.41, 5.74) is 0.745. The molecule has 0 fully saturated rings. The normalized spacial score (nSPS) is 12.4. The molecule has 4 N–H and O–H groups in total. The van der Waals surface area contributed by atoms with Gasteiger partial charge in [0.2, 0.25) is 0 Å². The number of hydrogen-bond donors (Lipinski definition) is 4. The predicted molar refractivity (Wildman–Crippen MR) is 114 cm³/mol. The van der Waals surface area contributed by atoms with E-state index in [2.05, 4.69) is 0 Å². The summed E-state index contributed by atoms with van der Waals surface area (Å²) >= 11 is 0. The highest BCUT2D eigenvalue weighted by molar-refractivity contribution is 5.83. The van der Waals surface area contributed by atoms with Crippen LogP contribution in [0.2, 0.25) is 0 Å². The van der Waals surface area contributed by atoms with Gasteiger partial charge in [-0.15, -0.1) is 0 Å². The van der Waals surface area contributed by atoms with Crippen LogP contribution in [0.4, 0.5) is 0 Å². The molecule has 0 radical (unpaired) electrons. The van der Waals surface area contributed by atoms with Crippen molar-refractivity contribution in [2.75, 3.05) is 13.2 Å². The molecular weight excluding hydrogens is 436 g/mol. The quantitative estimate of drug-likeness (QED) is 0.308. The number of hydrogen-bond acceptors (Lipinski definition) is 6. The first-order valence-electron chi connectivity index (χ1n) is 10.0. The van der Waals surface area contributed by atoms with Crippen LogP contribution in [0.1, 0.15) is 42.2 Å². The topological polar surface area (TPSA) is 168 Å². The fourth-order valence-electron chi connectivity index (χ4n) is 3.08. The second-order valence-electron chi connectivity index (χ2n) is 7.17. The van der Waals surface area contributed by atoms with E-state index < -0.39 is 48.6 Å². The summed E-state index contributed by atoms with van der Waals surface area (Å²) in [6.07, 6.45) is -0.494. The molecule has 0 spiro atoms. The highest BCUT2D eigenvalue weighted by atomic mass is 16.5. The monoisotopic (exact) mass is 460 g/mol. The zero-order valence-electron chi connectivity index (χ0n) is 17.5. The Bertz CT molecular complexity index is 886. The van der Waals surface area contributed by atoms with Gasteiger partial charge in [-0.05, 0) is 35.4 Å². The van der Waals surface area contributed by atoms with Crippen LogP contribution >= 0.6 is 0 Å². The molecule has 2 aromatic rings. The van der Waals surface area contributed by atoms with Crippen molar-refractivity contribution in [2.24, 2.45) is 0 Å². The molecule has 0 saturated carbocycles. The molecule has 0 aromatic heterocycles. The summed E-state index contributed by atoms with van der Waals surface area (Å²) in [6.45, 7) is 0.628. The lowest BCUT2D eigenvalue weighted by atomic mass is 9.96. The summed E-state index contributed by atoms with van der Waals surface area (Å²) in [4.78, 5) is 44.1. The first-order valence-corrected chi connectivity index (χ1v) is 10.0. The van der Waals surface area contributed by atoms with E-state index in [0.717, 1.165) is 0 Å². The molecule has 0 saturated heterocycles. The number of carboxylic acids is 4. The minimum absolute atomic E-state index is 0.314. The van der Waals surface area contributed by atoms with Crippen molar-refractivity contribution in [1.29, 1.82) is 0 Å². The second kappa shape index (κ2) is 12.1. The van der Waals surface area contributed by atoms with Crippen LogP contribution in [0.15, 0.2) is 48.5 Å². The van der Waals surface area contributed by atoms with E-state index >= 15 is 0 Å². The number of ether oxygens (including phenoxy) is 2. The molecule has 0 bridgehead atoms. The van der Waals surface area contributed by atoms with Gasteiger partial charge in [0.1, 0.15) is 11.5 Å². The van der Waals surface area contributed by atoms with Gasteiger partial charge < -0.3 is 29.9 Å². The predicted octanol–water partition coefficient (Wildman–Crippen LogP) is 2.82. The highest BCUT2D eigenvalue weighted by Gasteiger charge is 2.24. The van der Waals surface area contributed by atoms with Crippen molar-refractivity contribution in [3.05, 3.63) is 59.7 Å². The summed E-state index contributed by atoms with van der Waals surface area (Å²) < 4.78 is 11.1. The largest absolute Gasteiger partial charge is 0.493 e. The molecule has 0 amide bonds. The zero-order chi connectivity index (χ0) is 24.4. The molecule has 176 valence electrons. The molecule has 0 aliphatic heterocycles. The summed E-state index contributed by atoms with van der Waals surface area (Å²) in [6, 6.07) is 12.4. The number of rotatable bonds is 14. The molecule has 2 rings (SSSR count). The van der Waals surface area contributed by atoms with Gasteiger partial charge >= 0.3 is 23.9 Å². The third-order valence-electron chi connectivity index (χ3n) is 4.74. The van der Waals surface area contributed by atoms with E-state index in [-0.39, 0.29) is 0 Å². The Balaban J connectivity index is 1.79. The zero-order valence-corrected chi connectivity index (χ0v) is 17.5. The lowest BCUT2D eigenvalue weighted by molar-refractivity contribution is -0.145. The molecule has 0 aliphatic rings. The summed E-state index contributed by atoms with van der Waals surface area (Å²) in [5, 5.41) is 36.1. The summed E-state index contributed by atoms with van der Waals surface area (Å²) in [7, 11) is 0. The molecule has 33 heavy (non-hydrogen) atoms. The molecular formula is C23H24O10. The molecule has 10 heteroatoms. The van der Waals surface area contributed by atoms with Crippen molar-refractivity contribution in [1.82, 2.24) is 0 Å². The average Bonchev–Trinajstić information content (AvgIpc) is 2.76. The average molecular weight is 460 g/mol. The van der Waals surface area contributed by atoms with Crippen LogP contribution in [-0.4, -0.2) is 57.5 Å². The lowest BCUT2D eigenvalue weighted by Crippen LogP contribution is -2.15. The summed E-state index contributed by atoms with van der Waals surface area (Å²) in [5.74, 6) is -6.08. The van der Waals surface area contributed by atoms with E-state index in [4.69, 9.17) is 19.7 Å². The lowest BCUT2D eigenvalue weighted by Gasteiger charge is -2.13. The fraction of sp³-hybridized carbons (Fsp3) is 0.304. The highest BCUT2D eigenvalue weighted by Crippen LogP contribution is 2.24. The Morgan fingerprint density at radius 2 is 0.939 bits per heavy atom. The molecule has 2 aromatic carbocycles. The first-order chi connectivity index (χ1) is 15.7. The van der Waals surface area contributed by atoms with Crippen LogP contribution in [0.5, 0.6) is 11.5 Å². The van der Waals surface area contributed by atoms with E-state index in [1.165, 1.54) is 24.3 Å². The van der Waals surface area contributed by atoms with Gasteiger partial charge in [0.05, 0.1) is 37.9 Å². The minimum atomic E-state index is -1.21. The van der Waals surface area contributed by atoms with E-state index in [0.29, 0.717) is 42.3 Å². The van der Waals surface area contributed by atoms with Gasteiger partial charge in [-0.1, -0.05) is 24.3 Å². The van der Waals surface area contributed by atoms with Gasteiger partial charge in [-0.25, -0.2) is 0 Å². The molecule has 0 aliphatic carbocycles. The number of carbonyl (C=O) groups is 4. The van der Waals surface area contributed by atoms with Crippen molar-refractivity contribution < 1.29 is 49.1 Å². The minimum Gasteiger partial charge on any atom is -0.493 e. The van der Waals surface area contributed by atoms with Gasteiger partial charge in [0.25, 0.3) is 0 Å². The maximum Gasteiger partial charge on any atom is 0.311 e. The van der Waals surface area contributed by atoms with Crippen molar-refractivity contribution in [3.63, 3.8) is 0 Å². The SMILES string of the molecule is O=C(O)CC(C(=O)O)c1ccc(OCCCOc2ccc(C(CC(=O)O)C(=O)O)cc2)cc1. The fourth-order valence-corrected chi connectivity index (χ4v) is 3.08. The number of aliphatic carboxylic acids is 4. The van der Waals surface area contributed by atoms with Gasteiger partial charge in [0.15, 0.2) is 0 Å². The third kappa shape index (κ3) is 8.17. The van der Waals surface area contributed by atoms with Gasteiger partial charge in [-0.3, -0.25) is 19.2 Å². The van der Waals surface area contributed by atoms with E-state index in [9.17, 15) is 29.4 Å². The van der Waals surface area contributed by atoms with E-state index in [1.54, 1.807) is 24.3 Å². The van der Waals surface area contributed by atoms with Crippen LogP contribution in [0.25, 0.3) is 0 Å². The van der Waals surface area contributed by atoms with Crippen LogP contribution < -0.4 is 9.47 Å². The van der Waals surface area contributed by atoms with Gasteiger partial charge in [0, 0.05) is 6.42 Å². The standard InChI is InChI=1S/C23H24O10/c24-20(25)12-18(22(28)29)14-2-6-16(7-3-14)32-10-1-11-33-17-8-4-15(5-9-17)19(23(30)31)13-21(26)27/h2-9,18-19H,1,10-13H2,(H,24,25)(H,26,27)(H,28,29)(H,30,31). The second-order valence-corrected chi connectivity index (χ2v) is 7.17. The Kier molecular flexibility index (Phi) is 9.22. The number of carboxylic acid groups (broad SMARTS) is 4. The van der Waals surface area contributed by atoms with Crippen LogP contribution in [0.3, 0.4) is 0 Å². The molecule has 2 unspecified atom stereocenters. The number of benzene rings is 2.